The van der Waals surface area contributed by atoms with Crippen molar-refractivity contribution in [3.8, 4) is 0 Å². The van der Waals surface area contributed by atoms with Gasteiger partial charge in [-0.2, -0.15) is 0 Å². The number of nitrogens with zero attached hydrogens (tertiary/aromatic N) is 2. The fraction of sp³-hybridized carbons (Fsp3) is 0.312. The largest absolute Gasteiger partial charge is 0.466 e. The van der Waals surface area contributed by atoms with Crippen LogP contribution in [0.15, 0.2) is 24.3 Å². The summed E-state index contributed by atoms with van der Waals surface area (Å²) in [6, 6.07) is 5.01. The van der Waals surface area contributed by atoms with Gasteiger partial charge in [0, 0.05) is 6.42 Å². The number of carbonyl (C=O) groups is 5. The molecule has 25 heavy (non-hydrogen) atoms. The number of carbonyl (C=O) groups excluding carboxylic acids is 5. The molecule has 1 saturated heterocycles. The van der Waals surface area contributed by atoms with Gasteiger partial charge in [0.1, 0.15) is 6.04 Å². The molecule has 2 unspecified atom stereocenters. The highest BCUT2D eigenvalue weighted by Gasteiger charge is 2.48. The van der Waals surface area contributed by atoms with Gasteiger partial charge in [0.25, 0.3) is 17.7 Å². The SMILES string of the molecule is COC(=O)C(N)N1C(=O)CCC(N2C(=O)c3ccccc3C2=O)C1=O. The summed E-state index contributed by atoms with van der Waals surface area (Å²) in [5.41, 5.74) is 6.01. The lowest BCUT2D eigenvalue weighted by atomic mass is 10.0. The van der Waals surface area contributed by atoms with Gasteiger partial charge in [-0.3, -0.25) is 29.0 Å². The lowest BCUT2D eigenvalue weighted by Gasteiger charge is -2.36. The van der Waals surface area contributed by atoms with Gasteiger partial charge < -0.3 is 10.5 Å². The topological polar surface area (TPSA) is 127 Å². The zero-order valence-electron chi connectivity index (χ0n) is 13.3. The minimum atomic E-state index is -1.62. The number of methoxy groups -OCH3 is 1. The minimum absolute atomic E-state index is 0.0203. The number of rotatable bonds is 3. The van der Waals surface area contributed by atoms with Gasteiger partial charge in [0.15, 0.2) is 6.17 Å². The van der Waals surface area contributed by atoms with Crippen LogP contribution < -0.4 is 5.73 Å². The number of hydrogen-bond acceptors (Lipinski definition) is 7. The normalized spacial score (nSPS) is 21.4. The van der Waals surface area contributed by atoms with Crippen LogP contribution in [0.4, 0.5) is 0 Å². The maximum atomic E-state index is 12.7. The summed E-state index contributed by atoms with van der Waals surface area (Å²) >= 11 is 0. The highest BCUT2D eigenvalue weighted by Crippen LogP contribution is 2.29. The lowest BCUT2D eigenvalue weighted by molar-refractivity contribution is -0.163. The van der Waals surface area contributed by atoms with E-state index in [9.17, 15) is 24.0 Å². The average Bonchev–Trinajstić information content (AvgIpc) is 2.86. The summed E-state index contributed by atoms with van der Waals surface area (Å²) in [5.74, 6) is -3.72. The van der Waals surface area contributed by atoms with E-state index in [4.69, 9.17) is 5.73 Å². The molecule has 0 aromatic heterocycles. The van der Waals surface area contributed by atoms with E-state index in [0.717, 1.165) is 12.0 Å². The van der Waals surface area contributed by atoms with E-state index in [-0.39, 0.29) is 24.0 Å². The third kappa shape index (κ3) is 2.49. The van der Waals surface area contributed by atoms with E-state index >= 15 is 0 Å². The van der Waals surface area contributed by atoms with Gasteiger partial charge in [-0.05, 0) is 18.6 Å². The van der Waals surface area contributed by atoms with E-state index in [0.29, 0.717) is 4.90 Å². The Labute approximate surface area is 142 Å². The number of esters is 1. The smallest absolute Gasteiger partial charge is 0.344 e. The van der Waals surface area contributed by atoms with Crippen LogP contribution in [0.5, 0.6) is 0 Å². The number of fused-ring (bicyclic) bond motifs is 1. The first-order chi connectivity index (χ1) is 11.9. The van der Waals surface area contributed by atoms with Crippen molar-refractivity contribution in [2.75, 3.05) is 7.11 Å². The number of imide groups is 2. The number of piperidine rings is 1. The second kappa shape index (κ2) is 6.10. The van der Waals surface area contributed by atoms with E-state index in [1.807, 2.05) is 0 Å². The molecule has 2 aliphatic heterocycles. The first kappa shape index (κ1) is 16.8. The van der Waals surface area contributed by atoms with Crippen LogP contribution in [-0.2, 0) is 19.1 Å². The number of nitrogens with two attached hydrogens (primary N) is 1. The maximum Gasteiger partial charge on any atom is 0.344 e. The molecule has 1 aromatic rings. The molecule has 1 fully saturated rings. The molecular weight excluding hydrogens is 330 g/mol. The van der Waals surface area contributed by atoms with Crippen molar-refractivity contribution in [1.82, 2.24) is 9.80 Å². The second-order valence-electron chi connectivity index (χ2n) is 5.65. The Kier molecular flexibility index (Phi) is 4.09. The van der Waals surface area contributed by atoms with Crippen LogP contribution in [0.25, 0.3) is 0 Å². The van der Waals surface area contributed by atoms with Gasteiger partial charge in [-0.1, -0.05) is 12.1 Å². The summed E-state index contributed by atoms with van der Waals surface area (Å²) in [5, 5.41) is 0. The summed E-state index contributed by atoms with van der Waals surface area (Å²) in [7, 11) is 1.07. The Bertz CT molecular complexity index is 770. The Morgan fingerprint density at radius 1 is 1.16 bits per heavy atom. The van der Waals surface area contributed by atoms with Crippen molar-refractivity contribution in [3.05, 3.63) is 35.4 Å². The molecule has 3 rings (SSSR count). The van der Waals surface area contributed by atoms with Gasteiger partial charge >= 0.3 is 5.97 Å². The molecule has 0 spiro atoms. The van der Waals surface area contributed by atoms with Gasteiger partial charge in [0.05, 0.1) is 18.2 Å². The summed E-state index contributed by atoms with van der Waals surface area (Å²) in [4.78, 5) is 62.8. The fourth-order valence-electron chi connectivity index (χ4n) is 3.04. The van der Waals surface area contributed by atoms with Crippen molar-refractivity contribution < 1.29 is 28.7 Å². The fourth-order valence-corrected chi connectivity index (χ4v) is 3.04. The number of likely N-dealkylation sites (tertiary alicyclic amines) is 1. The van der Waals surface area contributed by atoms with Gasteiger partial charge in [-0.25, -0.2) is 4.79 Å². The quantitative estimate of drug-likeness (QED) is 0.564. The van der Waals surface area contributed by atoms with Gasteiger partial charge in [0.2, 0.25) is 5.91 Å². The molecule has 0 saturated carbocycles. The third-order valence-corrected chi connectivity index (χ3v) is 4.28. The number of benzene rings is 1. The van der Waals surface area contributed by atoms with Crippen molar-refractivity contribution in [1.29, 1.82) is 0 Å². The maximum absolute atomic E-state index is 12.7. The Morgan fingerprint density at radius 2 is 1.72 bits per heavy atom. The van der Waals surface area contributed by atoms with Crippen molar-refractivity contribution in [3.63, 3.8) is 0 Å². The molecular formula is C16H15N3O6. The van der Waals surface area contributed by atoms with Crippen LogP contribution in [0.1, 0.15) is 33.6 Å². The summed E-state index contributed by atoms with van der Waals surface area (Å²) in [6.45, 7) is 0. The van der Waals surface area contributed by atoms with Crippen LogP contribution in [0, 0.1) is 0 Å². The minimum Gasteiger partial charge on any atom is -0.466 e. The van der Waals surface area contributed by atoms with Crippen LogP contribution in [-0.4, -0.2) is 58.7 Å². The summed E-state index contributed by atoms with van der Waals surface area (Å²) in [6.07, 6.45) is -1.77. The predicted molar refractivity (Wildman–Crippen MR) is 81.8 cm³/mol. The molecule has 1 aromatic carbocycles. The Morgan fingerprint density at radius 3 is 2.24 bits per heavy atom. The molecule has 130 valence electrons. The van der Waals surface area contributed by atoms with Crippen LogP contribution in [0.2, 0.25) is 0 Å². The molecule has 2 heterocycles. The van der Waals surface area contributed by atoms with E-state index in [1.54, 1.807) is 12.1 Å². The molecule has 0 radical (unpaired) electrons. The Balaban J connectivity index is 1.93. The zero-order valence-corrected chi connectivity index (χ0v) is 13.3. The molecule has 2 N–H and O–H groups in total. The van der Waals surface area contributed by atoms with Crippen LogP contribution in [0.3, 0.4) is 0 Å². The third-order valence-electron chi connectivity index (χ3n) is 4.28. The van der Waals surface area contributed by atoms with Gasteiger partial charge in [-0.15, -0.1) is 0 Å². The van der Waals surface area contributed by atoms with Crippen molar-refractivity contribution >= 4 is 29.6 Å². The predicted octanol–water partition coefficient (Wildman–Crippen LogP) is -0.742. The summed E-state index contributed by atoms with van der Waals surface area (Å²) < 4.78 is 4.46. The van der Waals surface area contributed by atoms with Crippen LogP contribution >= 0.6 is 0 Å². The highest BCUT2D eigenvalue weighted by molar-refractivity contribution is 6.23. The molecule has 0 bridgehead atoms. The first-order valence-corrected chi connectivity index (χ1v) is 7.54. The number of amides is 4. The molecule has 2 atom stereocenters. The Hall–Kier alpha value is -3.07. The zero-order chi connectivity index (χ0) is 18.3. The molecule has 9 heteroatoms. The van der Waals surface area contributed by atoms with E-state index < -0.39 is 41.8 Å². The molecule has 2 aliphatic rings. The first-order valence-electron chi connectivity index (χ1n) is 7.54. The molecule has 9 nitrogen and oxygen atoms in total. The number of ether oxygens (including phenoxy) is 1. The standard InChI is InChI=1S/C16H15N3O6/c1-25-16(24)12(17)19-11(20)7-6-10(15(19)23)18-13(21)8-4-2-3-5-9(8)14(18)22/h2-5,10,12H,6-7,17H2,1H3. The second-order valence-corrected chi connectivity index (χ2v) is 5.65. The van der Waals surface area contributed by atoms with Crippen molar-refractivity contribution in [2.24, 2.45) is 5.73 Å². The van der Waals surface area contributed by atoms with E-state index in [1.165, 1.54) is 12.1 Å². The lowest BCUT2D eigenvalue weighted by Crippen LogP contribution is -2.62. The van der Waals surface area contributed by atoms with Crippen molar-refractivity contribution in [2.45, 2.75) is 25.0 Å². The monoisotopic (exact) mass is 345 g/mol. The average molecular weight is 345 g/mol. The number of hydrogen-bond donors (Lipinski definition) is 1. The highest BCUT2D eigenvalue weighted by atomic mass is 16.5. The van der Waals surface area contributed by atoms with E-state index in [2.05, 4.69) is 4.74 Å². The molecule has 4 amide bonds. The molecule has 0 aliphatic carbocycles.